The van der Waals surface area contributed by atoms with Gasteiger partial charge in [-0.05, 0) is 46.8 Å². The highest BCUT2D eigenvalue weighted by Gasteiger charge is 2.77. The van der Waals surface area contributed by atoms with Crippen LogP contribution in [0.1, 0.15) is 47.1 Å². The van der Waals surface area contributed by atoms with E-state index >= 15 is 17.6 Å². The molecule has 0 N–H and O–H groups in total. The van der Waals surface area contributed by atoms with Crippen molar-refractivity contribution in [1.29, 1.82) is 0 Å². The van der Waals surface area contributed by atoms with Crippen molar-refractivity contribution in [1.82, 2.24) is 0 Å². The summed E-state index contributed by atoms with van der Waals surface area (Å²) in [5.41, 5.74) is -8.00. The molecular formula is C28H23BClF10P. The van der Waals surface area contributed by atoms with Gasteiger partial charge in [-0.3, -0.25) is 0 Å². The average Bonchev–Trinajstić information content (AvgIpc) is 3.63. The largest absolute Gasteiger partial charge is 0.366 e. The summed E-state index contributed by atoms with van der Waals surface area (Å²) in [6.45, 7) is 10.1. The Labute approximate surface area is 235 Å². The highest BCUT2D eigenvalue weighted by atomic mass is 35.5. The van der Waals surface area contributed by atoms with Crippen LogP contribution < -0.4 is 10.9 Å². The SMILES string of the molecule is CC(C)(C)[P+]1(C(C)(C)C)C(c2ccccc2)=C1[B-](Cl)(c1c(F)c(F)c(F)c(F)c1F)c1c(F)c(F)c(F)c(F)c1F. The molecule has 0 nitrogen and oxygen atoms in total. The van der Waals surface area contributed by atoms with E-state index in [2.05, 4.69) is 0 Å². The number of rotatable bonds is 4. The molecule has 0 saturated carbocycles. The predicted octanol–water partition coefficient (Wildman–Crippen LogP) is 8.91. The summed E-state index contributed by atoms with van der Waals surface area (Å²) in [6, 6.07) is 7.83. The summed E-state index contributed by atoms with van der Waals surface area (Å²) in [5, 5.41) is -1.97. The van der Waals surface area contributed by atoms with Gasteiger partial charge in [0.05, 0.1) is 17.6 Å². The van der Waals surface area contributed by atoms with Gasteiger partial charge >= 0.3 is 0 Å². The van der Waals surface area contributed by atoms with Crippen LogP contribution in [0, 0.1) is 58.2 Å². The molecule has 0 atom stereocenters. The summed E-state index contributed by atoms with van der Waals surface area (Å²) in [5.74, 6) is -25.3. The molecule has 1 aliphatic heterocycles. The van der Waals surface area contributed by atoms with Gasteiger partial charge in [-0.2, -0.15) is 0 Å². The van der Waals surface area contributed by atoms with E-state index < -0.39 is 92.2 Å². The van der Waals surface area contributed by atoms with E-state index in [4.69, 9.17) is 11.5 Å². The smallest absolute Gasteiger partial charge is 0.219 e. The lowest BCUT2D eigenvalue weighted by molar-refractivity contribution is 0.382. The molecule has 0 radical (unpaired) electrons. The Hall–Kier alpha value is -2.52. The predicted molar refractivity (Wildman–Crippen MR) is 143 cm³/mol. The lowest BCUT2D eigenvalue weighted by atomic mass is 9.37. The van der Waals surface area contributed by atoms with Crippen molar-refractivity contribution < 1.29 is 43.9 Å². The van der Waals surface area contributed by atoms with Crippen molar-refractivity contribution in [3.8, 4) is 0 Å². The monoisotopic (exact) mass is 626 g/mol. The fourth-order valence-electron chi connectivity index (χ4n) is 6.42. The molecule has 4 rings (SSSR count). The third-order valence-electron chi connectivity index (χ3n) is 7.61. The minimum atomic E-state index is -4.57. The molecule has 220 valence electrons. The second kappa shape index (κ2) is 9.76. The number of hydrogen-bond acceptors (Lipinski definition) is 0. The number of benzene rings is 3. The van der Waals surface area contributed by atoms with Crippen LogP contribution >= 0.6 is 18.7 Å². The number of hydrogen-bond donors (Lipinski definition) is 0. The van der Waals surface area contributed by atoms with Crippen LogP contribution in [-0.2, 0) is 0 Å². The van der Waals surface area contributed by atoms with Crippen molar-refractivity contribution in [2.75, 3.05) is 0 Å². The minimum absolute atomic E-state index is 0.223. The first-order chi connectivity index (χ1) is 18.7. The molecular weight excluding hydrogens is 604 g/mol. The second-order valence-corrected chi connectivity index (χ2v) is 17.4. The molecule has 41 heavy (non-hydrogen) atoms. The first-order valence-corrected chi connectivity index (χ1v) is 14.5. The van der Waals surface area contributed by atoms with Gasteiger partial charge in [0.1, 0.15) is 28.6 Å². The summed E-state index contributed by atoms with van der Waals surface area (Å²) in [6.07, 6.45) is 0. The van der Waals surface area contributed by atoms with Gasteiger partial charge in [-0.1, -0.05) is 30.3 Å². The van der Waals surface area contributed by atoms with Gasteiger partial charge < -0.3 is 11.5 Å². The fourth-order valence-corrected chi connectivity index (χ4v) is 14.7. The standard InChI is InChI=1S/C28H23BClF10P/c1-27(2,3)41(28(4,5)6)25(12-10-8-7-9-11-12)26(41)29(30,13-15(31)19(35)23(39)20(36)16(13)32)14-17(33)21(37)24(40)22(38)18(14)34/h7-11H,1-6H3. The highest BCUT2D eigenvalue weighted by molar-refractivity contribution is 8.03. The normalized spacial score (nSPS) is 15.5. The Bertz CT molecular complexity index is 1480. The first kappa shape index (κ1) is 31.4. The maximum Gasteiger partial charge on any atom is 0.219 e. The molecule has 0 spiro atoms. The maximum atomic E-state index is 15.6. The maximum absolute atomic E-state index is 15.6. The van der Waals surface area contributed by atoms with Crippen molar-refractivity contribution in [3.63, 3.8) is 0 Å². The summed E-state index contributed by atoms with van der Waals surface area (Å²) in [7, 11) is -3.23. The summed E-state index contributed by atoms with van der Waals surface area (Å²) < 4.78 is 149. The molecule has 3 aromatic carbocycles. The molecule has 0 aromatic heterocycles. The molecule has 0 fully saturated rings. The quantitative estimate of drug-likeness (QED) is 0.0892. The Morgan fingerprint density at radius 1 is 0.512 bits per heavy atom. The van der Waals surface area contributed by atoms with Gasteiger partial charge in [-0.25, -0.2) is 43.9 Å². The second-order valence-electron chi connectivity index (χ2n) is 11.8. The zero-order chi connectivity index (χ0) is 31.2. The summed E-state index contributed by atoms with van der Waals surface area (Å²) >= 11 is 6.90. The van der Waals surface area contributed by atoms with Crippen molar-refractivity contribution in [2.45, 2.75) is 51.9 Å². The number of halogens is 11. The van der Waals surface area contributed by atoms with Crippen LogP contribution in [0.4, 0.5) is 43.9 Å². The van der Waals surface area contributed by atoms with E-state index in [1.807, 2.05) is 0 Å². The van der Waals surface area contributed by atoms with Crippen molar-refractivity contribution >= 4 is 40.5 Å². The van der Waals surface area contributed by atoms with Crippen molar-refractivity contribution in [3.05, 3.63) is 99.3 Å². The van der Waals surface area contributed by atoms with Crippen LogP contribution in [-0.4, -0.2) is 15.9 Å². The van der Waals surface area contributed by atoms with Crippen LogP contribution in [0.3, 0.4) is 0 Å². The third-order valence-corrected chi connectivity index (χ3v) is 14.7. The van der Waals surface area contributed by atoms with Gasteiger partial charge in [0.2, 0.25) is 5.56 Å². The van der Waals surface area contributed by atoms with Crippen molar-refractivity contribution in [2.24, 2.45) is 0 Å². The van der Waals surface area contributed by atoms with Gasteiger partial charge in [-0.15, -0.1) is 10.9 Å². The molecule has 0 unspecified atom stereocenters. The van der Waals surface area contributed by atoms with E-state index in [0.29, 0.717) is 5.56 Å². The highest BCUT2D eigenvalue weighted by Crippen LogP contribution is 3.01. The first-order valence-electron chi connectivity index (χ1n) is 12.3. The topological polar surface area (TPSA) is 0 Å². The van der Waals surface area contributed by atoms with E-state index in [1.165, 1.54) is 0 Å². The third kappa shape index (κ3) is 4.09. The van der Waals surface area contributed by atoms with Crippen LogP contribution in [0.15, 0.2) is 35.5 Å². The minimum Gasteiger partial charge on any atom is -0.366 e. The zero-order valence-electron chi connectivity index (χ0n) is 22.6. The lowest BCUT2D eigenvalue weighted by Gasteiger charge is -2.43. The van der Waals surface area contributed by atoms with Gasteiger partial charge in [0.25, 0.3) is 0 Å². The van der Waals surface area contributed by atoms with E-state index in [-0.39, 0.29) is 10.5 Å². The Balaban J connectivity index is 2.37. The van der Waals surface area contributed by atoms with Gasteiger partial charge in [0.15, 0.2) is 34.9 Å². The van der Waals surface area contributed by atoms with E-state index in [1.54, 1.807) is 71.9 Å². The summed E-state index contributed by atoms with van der Waals surface area (Å²) in [4.78, 5) is 0. The zero-order valence-corrected chi connectivity index (χ0v) is 24.2. The van der Waals surface area contributed by atoms with E-state index in [9.17, 15) is 26.3 Å². The van der Waals surface area contributed by atoms with Gasteiger partial charge in [0, 0.05) is 5.56 Å². The average molecular weight is 627 g/mol. The molecule has 1 heterocycles. The Morgan fingerprint density at radius 2 is 0.805 bits per heavy atom. The molecule has 13 heteroatoms. The lowest BCUT2D eigenvalue weighted by Crippen LogP contribution is -2.61. The fraction of sp³-hybridized carbons (Fsp3) is 0.286. The molecule has 0 amide bonds. The van der Waals surface area contributed by atoms with Crippen LogP contribution in [0.25, 0.3) is 5.31 Å². The molecule has 1 aliphatic rings. The molecule has 0 saturated heterocycles. The molecule has 0 aliphatic carbocycles. The Morgan fingerprint density at radius 3 is 1.10 bits per heavy atom. The Kier molecular flexibility index (Phi) is 7.48. The molecule has 0 bridgehead atoms. The van der Waals surface area contributed by atoms with Crippen LogP contribution in [0.2, 0.25) is 0 Å². The van der Waals surface area contributed by atoms with E-state index in [0.717, 1.165) is 0 Å². The molecule has 3 aromatic rings. The van der Waals surface area contributed by atoms with Crippen LogP contribution in [0.5, 0.6) is 0 Å².